The quantitative estimate of drug-likeness (QED) is 0.685. The van der Waals surface area contributed by atoms with E-state index in [0.717, 1.165) is 18.9 Å². The highest BCUT2D eigenvalue weighted by Crippen LogP contribution is 2.28. The summed E-state index contributed by atoms with van der Waals surface area (Å²) in [6, 6.07) is 8.66. The van der Waals surface area contributed by atoms with Gasteiger partial charge in [-0.05, 0) is 30.3 Å². The fourth-order valence-electron chi connectivity index (χ4n) is 2.77. The maximum Gasteiger partial charge on any atom is 0.277 e. The molecule has 7 nitrogen and oxygen atoms in total. The third kappa shape index (κ3) is 4.11. The van der Waals surface area contributed by atoms with Gasteiger partial charge in [0, 0.05) is 18.7 Å². The molecule has 1 fully saturated rings. The summed E-state index contributed by atoms with van der Waals surface area (Å²) in [6.07, 6.45) is 2.91. The van der Waals surface area contributed by atoms with Crippen LogP contribution in [0.25, 0.3) is 11.5 Å². The average molecular weight is 419 g/mol. The minimum Gasteiger partial charge on any atom is -0.444 e. The van der Waals surface area contributed by atoms with Crippen LogP contribution in [0.3, 0.4) is 0 Å². The lowest BCUT2D eigenvalue weighted by molar-refractivity contribution is 0.102. The highest BCUT2D eigenvalue weighted by atomic mass is 35.5. The van der Waals surface area contributed by atoms with Crippen molar-refractivity contribution in [3.05, 3.63) is 58.5 Å². The second kappa shape index (κ2) is 8.18. The summed E-state index contributed by atoms with van der Waals surface area (Å²) in [4.78, 5) is 23.2. The van der Waals surface area contributed by atoms with Gasteiger partial charge >= 0.3 is 0 Å². The normalized spacial score (nSPS) is 14.1. The van der Waals surface area contributed by atoms with Gasteiger partial charge in [-0.2, -0.15) is 0 Å². The zero-order chi connectivity index (χ0) is 19.5. The van der Waals surface area contributed by atoms with E-state index < -0.39 is 5.91 Å². The van der Waals surface area contributed by atoms with Crippen LogP contribution in [-0.4, -0.2) is 42.2 Å². The Morgan fingerprint density at radius 2 is 1.93 bits per heavy atom. The van der Waals surface area contributed by atoms with Gasteiger partial charge in [0.1, 0.15) is 12.1 Å². The summed E-state index contributed by atoms with van der Waals surface area (Å²) in [7, 11) is 0. The van der Waals surface area contributed by atoms with Gasteiger partial charge in [-0.3, -0.25) is 4.79 Å². The number of carbonyl (C=O) groups excluding carboxylic acids is 1. The molecule has 0 saturated carbocycles. The lowest BCUT2D eigenvalue weighted by Gasteiger charge is -2.27. The number of hydrogen-bond acceptors (Lipinski definition) is 6. The zero-order valence-corrected chi connectivity index (χ0v) is 16.2. The van der Waals surface area contributed by atoms with Crippen LogP contribution in [0.1, 0.15) is 10.5 Å². The Bertz CT molecular complexity index is 985. The van der Waals surface area contributed by atoms with E-state index in [0.29, 0.717) is 34.5 Å². The highest BCUT2D eigenvalue weighted by molar-refractivity contribution is 6.42. The van der Waals surface area contributed by atoms with Crippen LogP contribution in [0.4, 0.5) is 11.5 Å². The molecule has 0 radical (unpaired) electrons. The van der Waals surface area contributed by atoms with Crippen LogP contribution in [0.5, 0.6) is 0 Å². The Labute approximate surface area is 171 Å². The van der Waals surface area contributed by atoms with Gasteiger partial charge in [-0.15, -0.1) is 0 Å². The smallest absolute Gasteiger partial charge is 0.277 e. The first kappa shape index (κ1) is 18.7. The molecule has 1 saturated heterocycles. The Morgan fingerprint density at radius 1 is 1.11 bits per heavy atom. The summed E-state index contributed by atoms with van der Waals surface area (Å²) in [5.41, 5.74) is 1.35. The summed E-state index contributed by atoms with van der Waals surface area (Å²) in [5.74, 6) is 0.741. The summed E-state index contributed by atoms with van der Waals surface area (Å²) in [6.45, 7) is 2.98. The SMILES string of the molecule is O=C(Nc1ccc(N2CCOCC2)nc1)c1coc(-c2ccc(Cl)c(Cl)c2)n1. The number of halogens is 2. The molecule has 9 heteroatoms. The standard InChI is InChI=1S/C19H16Cl2N4O3/c20-14-3-1-12(9-15(14)21)19-24-16(11-28-19)18(26)23-13-2-4-17(22-10-13)25-5-7-27-8-6-25/h1-4,9-11H,5-8H2,(H,23,26). The molecule has 144 valence electrons. The fraction of sp³-hybridized carbons (Fsp3) is 0.211. The lowest BCUT2D eigenvalue weighted by Crippen LogP contribution is -2.36. The Balaban J connectivity index is 1.43. The van der Waals surface area contributed by atoms with Crippen molar-refractivity contribution < 1.29 is 13.9 Å². The van der Waals surface area contributed by atoms with Crippen molar-refractivity contribution in [2.24, 2.45) is 0 Å². The van der Waals surface area contributed by atoms with Crippen molar-refractivity contribution in [1.82, 2.24) is 9.97 Å². The number of anilines is 2. The van der Waals surface area contributed by atoms with Crippen LogP contribution in [0.15, 0.2) is 47.2 Å². The maximum atomic E-state index is 12.4. The number of rotatable bonds is 4. The molecule has 3 aromatic rings. The van der Waals surface area contributed by atoms with Crippen molar-refractivity contribution in [3.8, 4) is 11.5 Å². The Kier molecular flexibility index (Phi) is 5.47. The molecule has 1 aliphatic rings. The van der Waals surface area contributed by atoms with Crippen LogP contribution in [0, 0.1) is 0 Å². The number of pyridine rings is 1. The molecule has 0 aliphatic carbocycles. The minimum atomic E-state index is -0.393. The maximum absolute atomic E-state index is 12.4. The van der Waals surface area contributed by atoms with Crippen molar-refractivity contribution in [1.29, 1.82) is 0 Å². The van der Waals surface area contributed by atoms with Crippen LogP contribution in [-0.2, 0) is 4.74 Å². The molecule has 28 heavy (non-hydrogen) atoms. The third-order valence-corrected chi connectivity index (χ3v) is 4.98. The number of aromatic nitrogens is 2. The number of nitrogens with one attached hydrogen (secondary N) is 1. The monoisotopic (exact) mass is 418 g/mol. The summed E-state index contributed by atoms with van der Waals surface area (Å²) < 4.78 is 10.7. The molecule has 1 N–H and O–H groups in total. The first-order chi connectivity index (χ1) is 13.6. The van der Waals surface area contributed by atoms with E-state index in [4.69, 9.17) is 32.4 Å². The first-order valence-corrected chi connectivity index (χ1v) is 9.37. The molecule has 1 aliphatic heterocycles. The van der Waals surface area contributed by atoms with Crippen LogP contribution >= 0.6 is 23.2 Å². The van der Waals surface area contributed by atoms with E-state index in [1.807, 2.05) is 6.07 Å². The van der Waals surface area contributed by atoms with E-state index in [9.17, 15) is 4.79 Å². The van der Waals surface area contributed by atoms with Gasteiger partial charge in [0.05, 0.1) is 35.1 Å². The van der Waals surface area contributed by atoms with Crippen LogP contribution < -0.4 is 10.2 Å². The average Bonchev–Trinajstić information content (AvgIpc) is 3.22. The molecule has 4 rings (SSSR count). The Hall–Kier alpha value is -2.61. The predicted molar refractivity (Wildman–Crippen MR) is 107 cm³/mol. The van der Waals surface area contributed by atoms with Crippen molar-refractivity contribution >= 4 is 40.6 Å². The summed E-state index contributed by atoms with van der Waals surface area (Å²) in [5, 5.41) is 3.58. The molecule has 2 aromatic heterocycles. The molecule has 3 heterocycles. The molecule has 0 unspecified atom stereocenters. The number of hydrogen-bond donors (Lipinski definition) is 1. The van der Waals surface area contributed by atoms with Gasteiger partial charge < -0.3 is 19.4 Å². The second-order valence-corrected chi connectivity index (χ2v) is 6.94. The number of oxazole rings is 1. The van der Waals surface area contributed by atoms with E-state index in [2.05, 4.69) is 20.2 Å². The largest absolute Gasteiger partial charge is 0.444 e. The van der Waals surface area contributed by atoms with E-state index in [1.54, 1.807) is 30.5 Å². The Morgan fingerprint density at radius 3 is 2.64 bits per heavy atom. The molecule has 0 atom stereocenters. The predicted octanol–water partition coefficient (Wildman–Crippen LogP) is 4.13. The molecule has 1 aromatic carbocycles. The van der Waals surface area contributed by atoms with E-state index in [1.165, 1.54) is 6.26 Å². The molecule has 1 amide bonds. The van der Waals surface area contributed by atoms with Gasteiger partial charge in [0.25, 0.3) is 5.91 Å². The van der Waals surface area contributed by atoms with Crippen molar-refractivity contribution in [2.75, 3.05) is 36.5 Å². The molecular formula is C19H16Cl2N4O3. The summed E-state index contributed by atoms with van der Waals surface area (Å²) >= 11 is 11.9. The second-order valence-electron chi connectivity index (χ2n) is 6.13. The highest BCUT2D eigenvalue weighted by Gasteiger charge is 2.16. The van der Waals surface area contributed by atoms with Crippen molar-refractivity contribution in [2.45, 2.75) is 0 Å². The molecule has 0 bridgehead atoms. The minimum absolute atomic E-state index is 0.151. The number of morpholine rings is 1. The molecular weight excluding hydrogens is 403 g/mol. The van der Waals surface area contributed by atoms with Gasteiger partial charge in [0.15, 0.2) is 5.69 Å². The lowest BCUT2D eigenvalue weighted by atomic mass is 10.2. The van der Waals surface area contributed by atoms with Gasteiger partial charge in [-0.25, -0.2) is 9.97 Å². The number of benzene rings is 1. The number of ether oxygens (including phenoxy) is 1. The third-order valence-electron chi connectivity index (χ3n) is 4.24. The zero-order valence-electron chi connectivity index (χ0n) is 14.7. The fourth-order valence-corrected chi connectivity index (χ4v) is 3.07. The topological polar surface area (TPSA) is 80.5 Å². The van der Waals surface area contributed by atoms with E-state index >= 15 is 0 Å². The van der Waals surface area contributed by atoms with E-state index in [-0.39, 0.29) is 11.6 Å². The first-order valence-electron chi connectivity index (χ1n) is 8.61. The number of amides is 1. The van der Waals surface area contributed by atoms with Gasteiger partial charge in [0.2, 0.25) is 5.89 Å². The van der Waals surface area contributed by atoms with Crippen LogP contribution in [0.2, 0.25) is 10.0 Å². The van der Waals surface area contributed by atoms with Crippen molar-refractivity contribution in [3.63, 3.8) is 0 Å². The van der Waals surface area contributed by atoms with Gasteiger partial charge in [-0.1, -0.05) is 23.2 Å². The molecule has 0 spiro atoms. The number of carbonyl (C=O) groups is 1. The number of nitrogens with zero attached hydrogens (tertiary/aromatic N) is 3.